The second-order valence-corrected chi connectivity index (χ2v) is 5.13. The summed E-state index contributed by atoms with van der Waals surface area (Å²) < 4.78 is 2.06. The van der Waals surface area contributed by atoms with Gasteiger partial charge in [-0.15, -0.1) is 0 Å². The minimum atomic E-state index is 0.692. The van der Waals surface area contributed by atoms with Crippen molar-refractivity contribution in [3.63, 3.8) is 0 Å². The molecular weight excluding hydrogens is 332 g/mol. The van der Waals surface area contributed by atoms with Crippen LogP contribution in [0.5, 0.6) is 0 Å². The van der Waals surface area contributed by atoms with Crippen LogP contribution in [0.25, 0.3) is 11.1 Å². The zero-order valence-corrected chi connectivity index (χ0v) is 11.5. The van der Waals surface area contributed by atoms with Gasteiger partial charge in [-0.3, -0.25) is 4.79 Å². The Hall–Kier alpha value is -0.930. The van der Waals surface area contributed by atoms with Gasteiger partial charge in [-0.05, 0) is 23.3 Å². The minimum Gasteiger partial charge on any atom is -0.298 e. The molecule has 2 rings (SSSR count). The summed E-state index contributed by atoms with van der Waals surface area (Å²) in [6, 6.07) is 13.5. The summed E-state index contributed by atoms with van der Waals surface area (Å²) in [5, 5.41) is 0. The summed E-state index contributed by atoms with van der Waals surface area (Å²) in [5.74, 6) is 0. The van der Waals surface area contributed by atoms with Crippen molar-refractivity contribution in [1.82, 2.24) is 0 Å². The maximum Gasteiger partial charge on any atom is 0.150 e. The average molecular weight is 340 g/mol. The third-order valence-corrected chi connectivity index (χ3v) is 3.44. The molecule has 2 aromatic rings. The van der Waals surface area contributed by atoms with Crippen LogP contribution in [0.15, 0.2) is 51.4 Å². The Kier molecular flexibility index (Phi) is 3.56. The third-order valence-electron chi connectivity index (χ3n) is 2.29. The highest BCUT2D eigenvalue weighted by molar-refractivity contribution is 9.11. The molecule has 0 aliphatic rings. The first-order valence-corrected chi connectivity index (χ1v) is 6.30. The van der Waals surface area contributed by atoms with E-state index in [4.69, 9.17) is 0 Å². The minimum absolute atomic E-state index is 0.692. The number of hydrogen-bond donors (Lipinski definition) is 0. The molecule has 0 spiro atoms. The lowest BCUT2D eigenvalue weighted by atomic mass is 10.0. The molecule has 0 amide bonds. The van der Waals surface area contributed by atoms with Crippen LogP contribution < -0.4 is 0 Å². The fourth-order valence-electron chi connectivity index (χ4n) is 1.46. The maximum atomic E-state index is 10.6. The van der Waals surface area contributed by atoms with Crippen molar-refractivity contribution in [2.45, 2.75) is 0 Å². The predicted molar refractivity (Wildman–Crippen MR) is 72.7 cm³/mol. The summed E-state index contributed by atoms with van der Waals surface area (Å²) >= 11 is 6.94. The lowest BCUT2D eigenvalue weighted by Crippen LogP contribution is -1.82. The van der Waals surface area contributed by atoms with Crippen LogP contribution in [0, 0.1) is 0 Å². The Morgan fingerprint density at radius 2 is 1.62 bits per heavy atom. The van der Waals surface area contributed by atoms with Gasteiger partial charge in [0.1, 0.15) is 6.29 Å². The highest BCUT2D eigenvalue weighted by Gasteiger charge is 2.03. The number of benzene rings is 2. The molecule has 0 N–H and O–H groups in total. The highest BCUT2D eigenvalue weighted by Crippen LogP contribution is 2.30. The van der Waals surface area contributed by atoms with Crippen LogP contribution in [-0.2, 0) is 0 Å². The van der Waals surface area contributed by atoms with Crippen molar-refractivity contribution in [2.75, 3.05) is 0 Å². The topological polar surface area (TPSA) is 17.1 Å². The molecule has 0 heterocycles. The smallest absolute Gasteiger partial charge is 0.150 e. The monoisotopic (exact) mass is 338 g/mol. The molecule has 2 aromatic carbocycles. The first-order valence-electron chi connectivity index (χ1n) is 4.71. The van der Waals surface area contributed by atoms with Gasteiger partial charge in [0.25, 0.3) is 0 Å². The Bertz CT molecular complexity index is 518. The molecular formula is C13H8Br2O. The summed E-state index contributed by atoms with van der Waals surface area (Å²) in [4.78, 5) is 10.6. The van der Waals surface area contributed by atoms with Crippen molar-refractivity contribution >= 4 is 38.1 Å². The summed E-state index contributed by atoms with van der Waals surface area (Å²) in [5.41, 5.74) is 2.89. The van der Waals surface area contributed by atoms with E-state index in [9.17, 15) is 4.79 Å². The second-order valence-electron chi connectivity index (χ2n) is 3.36. The zero-order valence-electron chi connectivity index (χ0n) is 8.28. The van der Waals surface area contributed by atoms with E-state index in [2.05, 4.69) is 31.9 Å². The maximum absolute atomic E-state index is 10.6. The molecule has 80 valence electrons. The van der Waals surface area contributed by atoms with Gasteiger partial charge in [0.15, 0.2) is 0 Å². The molecule has 16 heavy (non-hydrogen) atoms. The molecule has 0 saturated carbocycles. The van der Waals surface area contributed by atoms with Gasteiger partial charge >= 0.3 is 0 Å². The van der Waals surface area contributed by atoms with Crippen molar-refractivity contribution < 1.29 is 4.79 Å². The second kappa shape index (κ2) is 4.93. The number of aldehydes is 1. The van der Waals surface area contributed by atoms with Crippen LogP contribution >= 0.6 is 31.9 Å². The molecule has 0 aliphatic heterocycles. The van der Waals surface area contributed by atoms with Gasteiger partial charge < -0.3 is 0 Å². The van der Waals surface area contributed by atoms with Crippen LogP contribution in [0.3, 0.4) is 0 Å². The number of rotatable bonds is 2. The van der Waals surface area contributed by atoms with Gasteiger partial charge in [0, 0.05) is 14.5 Å². The first kappa shape index (κ1) is 11.6. The summed E-state index contributed by atoms with van der Waals surface area (Å²) in [7, 11) is 0. The zero-order chi connectivity index (χ0) is 11.5. The largest absolute Gasteiger partial charge is 0.298 e. The lowest BCUT2D eigenvalue weighted by Gasteiger charge is -2.05. The molecule has 0 saturated heterocycles. The van der Waals surface area contributed by atoms with E-state index in [0.29, 0.717) is 5.56 Å². The molecule has 1 nitrogen and oxygen atoms in total. The molecule has 0 aliphatic carbocycles. The summed E-state index contributed by atoms with van der Waals surface area (Å²) in [6.07, 6.45) is 0.848. The van der Waals surface area contributed by atoms with E-state index in [0.717, 1.165) is 26.4 Å². The molecule has 0 radical (unpaired) electrons. The van der Waals surface area contributed by atoms with E-state index in [1.165, 1.54) is 0 Å². The number of halogens is 2. The third kappa shape index (κ3) is 2.42. The van der Waals surface area contributed by atoms with Crippen molar-refractivity contribution in [2.24, 2.45) is 0 Å². The van der Waals surface area contributed by atoms with Crippen LogP contribution in [0.1, 0.15) is 10.4 Å². The fraction of sp³-hybridized carbons (Fsp3) is 0. The quantitative estimate of drug-likeness (QED) is 0.725. The molecule has 0 bridgehead atoms. The molecule has 3 heteroatoms. The Balaban J connectivity index is 2.46. The Morgan fingerprint density at radius 1 is 0.938 bits per heavy atom. The van der Waals surface area contributed by atoms with Gasteiger partial charge in [-0.1, -0.05) is 62.2 Å². The predicted octanol–water partition coefficient (Wildman–Crippen LogP) is 4.69. The standard InChI is InChI=1S/C13H8Br2O/c14-11-5-6-12(13(15)7-11)10-3-1-9(8-16)2-4-10/h1-8H. The van der Waals surface area contributed by atoms with E-state index < -0.39 is 0 Å². The van der Waals surface area contributed by atoms with E-state index in [1.807, 2.05) is 42.5 Å². The SMILES string of the molecule is O=Cc1ccc(-c2ccc(Br)cc2Br)cc1. The molecule has 0 aromatic heterocycles. The van der Waals surface area contributed by atoms with Gasteiger partial charge in [-0.25, -0.2) is 0 Å². The van der Waals surface area contributed by atoms with Crippen molar-refractivity contribution in [3.8, 4) is 11.1 Å². The van der Waals surface area contributed by atoms with E-state index in [1.54, 1.807) is 0 Å². The van der Waals surface area contributed by atoms with Crippen molar-refractivity contribution in [3.05, 3.63) is 57.0 Å². The normalized spacial score (nSPS) is 10.1. The lowest BCUT2D eigenvalue weighted by molar-refractivity contribution is 0.112. The van der Waals surface area contributed by atoms with Crippen LogP contribution in [0.4, 0.5) is 0 Å². The average Bonchev–Trinajstić information content (AvgIpc) is 2.29. The van der Waals surface area contributed by atoms with E-state index in [-0.39, 0.29) is 0 Å². The Labute approximate surface area is 111 Å². The number of carbonyl (C=O) groups is 1. The van der Waals surface area contributed by atoms with Crippen LogP contribution in [-0.4, -0.2) is 6.29 Å². The molecule has 0 atom stereocenters. The highest BCUT2D eigenvalue weighted by atomic mass is 79.9. The molecule has 0 fully saturated rings. The fourth-order valence-corrected chi connectivity index (χ4v) is 2.74. The van der Waals surface area contributed by atoms with Gasteiger partial charge in [0.05, 0.1) is 0 Å². The van der Waals surface area contributed by atoms with Crippen LogP contribution in [0.2, 0.25) is 0 Å². The number of carbonyl (C=O) groups excluding carboxylic acids is 1. The van der Waals surface area contributed by atoms with Gasteiger partial charge in [-0.2, -0.15) is 0 Å². The van der Waals surface area contributed by atoms with Gasteiger partial charge in [0.2, 0.25) is 0 Å². The summed E-state index contributed by atoms with van der Waals surface area (Å²) in [6.45, 7) is 0. The van der Waals surface area contributed by atoms with Crippen molar-refractivity contribution in [1.29, 1.82) is 0 Å². The first-order chi connectivity index (χ1) is 7.70. The molecule has 0 unspecified atom stereocenters. The van der Waals surface area contributed by atoms with E-state index >= 15 is 0 Å². The Morgan fingerprint density at radius 3 is 2.19 bits per heavy atom. The number of hydrogen-bond acceptors (Lipinski definition) is 1.